The van der Waals surface area contributed by atoms with E-state index in [9.17, 15) is 5.11 Å². The van der Waals surface area contributed by atoms with Crippen LogP contribution in [0.25, 0.3) is 34.1 Å². The van der Waals surface area contributed by atoms with Crippen molar-refractivity contribution < 1.29 is 9.84 Å². The fourth-order valence-electron chi connectivity index (χ4n) is 3.70. The Morgan fingerprint density at radius 2 is 1.81 bits per heavy atom. The highest BCUT2D eigenvalue weighted by Gasteiger charge is 2.22. The van der Waals surface area contributed by atoms with Gasteiger partial charge in [-0.05, 0) is 44.0 Å². The van der Waals surface area contributed by atoms with Crippen LogP contribution in [0.4, 0.5) is 5.82 Å². The molecule has 2 heterocycles. The Labute approximate surface area is 182 Å². The topological polar surface area (TPSA) is 86.2 Å². The summed E-state index contributed by atoms with van der Waals surface area (Å²) in [6, 6.07) is 16.3. The average Bonchev–Trinajstić information content (AvgIpc) is 3.09. The first-order valence-corrected chi connectivity index (χ1v) is 10.5. The molecule has 0 aliphatic carbocycles. The van der Waals surface area contributed by atoms with Crippen LogP contribution in [0, 0.1) is 0 Å². The third kappa shape index (κ3) is 4.60. The molecule has 31 heavy (non-hydrogen) atoms. The number of imidazole rings is 1. The summed E-state index contributed by atoms with van der Waals surface area (Å²) in [5.74, 6) is 1.10. The molecular weight excluding hydrogens is 388 g/mol. The van der Waals surface area contributed by atoms with Crippen LogP contribution < -0.4 is 5.73 Å². The Kier molecular flexibility index (Phi) is 5.76. The number of nitrogens with zero attached hydrogens (tertiary/aromatic N) is 3. The van der Waals surface area contributed by atoms with Crippen molar-refractivity contribution in [1.29, 1.82) is 0 Å². The Morgan fingerprint density at radius 3 is 2.52 bits per heavy atom. The number of benzene rings is 2. The van der Waals surface area contributed by atoms with E-state index in [2.05, 4.69) is 35.3 Å². The second-order valence-corrected chi connectivity index (χ2v) is 8.28. The number of anilines is 1. The summed E-state index contributed by atoms with van der Waals surface area (Å²) in [6.45, 7) is 6.80. The zero-order valence-electron chi connectivity index (χ0n) is 18.2. The second kappa shape index (κ2) is 8.49. The minimum absolute atomic E-state index is 0.343. The molecular formula is C25H28N4O2. The maximum absolute atomic E-state index is 10.6. The SMILES string of the molecule is CCOCc1nc2c(N)nc3ccc(/C=C/c4ccccc4)cc3c2n1CC(C)(C)O. The van der Waals surface area contributed by atoms with Gasteiger partial charge in [-0.25, -0.2) is 9.97 Å². The zero-order valence-corrected chi connectivity index (χ0v) is 18.2. The van der Waals surface area contributed by atoms with Crippen LogP contribution in [0.15, 0.2) is 48.5 Å². The van der Waals surface area contributed by atoms with Crippen molar-refractivity contribution in [3.8, 4) is 0 Å². The largest absolute Gasteiger partial charge is 0.389 e. The van der Waals surface area contributed by atoms with Crippen molar-refractivity contribution >= 4 is 39.9 Å². The summed E-state index contributed by atoms with van der Waals surface area (Å²) in [5.41, 5.74) is 9.82. The maximum Gasteiger partial charge on any atom is 0.152 e. The van der Waals surface area contributed by atoms with Crippen molar-refractivity contribution in [1.82, 2.24) is 14.5 Å². The first kappa shape index (κ1) is 21.0. The predicted octanol–water partition coefficient (Wildman–Crippen LogP) is 4.64. The van der Waals surface area contributed by atoms with Gasteiger partial charge in [0.15, 0.2) is 5.82 Å². The van der Waals surface area contributed by atoms with Crippen LogP contribution in [-0.4, -0.2) is 31.8 Å². The normalized spacial score (nSPS) is 12.4. The van der Waals surface area contributed by atoms with Gasteiger partial charge in [-0.3, -0.25) is 0 Å². The molecule has 3 N–H and O–H groups in total. The second-order valence-electron chi connectivity index (χ2n) is 8.28. The monoisotopic (exact) mass is 416 g/mol. The average molecular weight is 417 g/mol. The van der Waals surface area contributed by atoms with E-state index in [-0.39, 0.29) is 0 Å². The standard InChI is InChI=1S/C25H28N4O2/c1-4-31-15-21-28-22-23(29(21)16-25(2,3)30)19-14-18(12-13-20(19)27-24(22)26)11-10-17-8-6-5-7-9-17/h5-14,30H,4,15-16H2,1-3H3,(H2,26,27)/b11-10+. The summed E-state index contributed by atoms with van der Waals surface area (Å²) in [7, 11) is 0. The molecule has 6 heteroatoms. The molecule has 0 aliphatic heterocycles. The first-order chi connectivity index (χ1) is 14.9. The molecule has 0 amide bonds. The lowest BCUT2D eigenvalue weighted by molar-refractivity contribution is 0.0582. The molecule has 0 saturated heterocycles. The number of nitrogen functional groups attached to an aromatic ring is 1. The Balaban J connectivity index is 1.90. The number of rotatable bonds is 7. The van der Waals surface area contributed by atoms with E-state index in [0.29, 0.717) is 31.1 Å². The molecule has 0 aliphatic rings. The molecule has 160 valence electrons. The molecule has 0 fully saturated rings. The highest BCUT2D eigenvalue weighted by atomic mass is 16.5. The summed E-state index contributed by atoms with van der Waals surface area (Å²) in [4.78, 5) is 9.30. The van der Waals surface area contributed by atoms with E-state index in [0.717, 1.165) is 33.4 Å². The molecule has 2 aromatic carbocycles. The summed E-state index contributed by atoms with van der Waals surface area (Å²) >= 11 is 0. The number of hydrogen-bond donors (Lipinski definition) is 2. The Hall–Kier alpha value is -3.22. The zero-order chi connectivity index (χ0) is 22.0. The van der Waals surface area contributed by atoms with Gasteiger partial charge in [-0.1, -0.05) is 48.6 Å². The Bertz CT molecular complexity index is 1240. The molecule has 4 aromatic rings. The Morgan fingerprint density at radius 1 is 1.06 bits per heavy atom. The van der Waals surface area contributed by atoms with Crippen molar-refractivity contribution in [2.24, 2.45) is 0 Å². The minimum Gasteiger partial charge on any atom is -0.389 e. The van der Waals surface area contributed by atoms with Gasteiger partial charge >= 0.3 is 0 Å². The van der Waals surface area contributed by atoms with E-state index in [1.165, 1.54) is 0 Å². The van der Waals surface area contributed by atoms with Gasteiger partial charge in [0.25, 0.3) is 0 Å². The fourth-order valence-corrected chi connectivity index (χ4v) is 3.70. The van der Waals surface area contributed by atoms with Crippen LogP contribution in [0.2, 0.25) is 0 Å². The highest BCUT2D eigenvalue weighted by Crippen LogP contribution is 2.31. The number of aromatic nitrogens is 3. The summed E-state index contributed by atoms with van der Waals surface area (Å²) < 4.78 is 7.64. The van der Waals surface area contributed by atoms with Crippen molar-refractivity contribution in [2.75, 3.05) is 12.3 Å². The molecule has 0 atom stereocenters. The van der Waals surface area contributed by atoms with E-state index >= 15 is 0 Å². The van der Waals surface area contributed by atoms with E-state index in [1.54, 1.807) is 13.8 Å². The number of hydrogen-bond acceptors (Lipinski definition) is 5. The quantitative estimate of drug-likeness (QED) is 0.429. The lowest BCUT2D eigenvalue weighted by atomic mass is 10.1. The molecule has 4 rings (SSSR count). The lowest BCUT2D eigenvalue weighted by Gasteiger charge is -2.20. The minimum atomic E-state index is -0.927. The van der Waals surface area contributed by atoms with Gasteiger partial charge in [-0.15, -0.1) is 0 Å². The van der Waals surface area contributed by atoms with Crippen LogP contribution in [0.1, 0.15) is 37.7 Å². The summed E-state index contributed by atoms with van der Waals surface area (Å²) in [5, 5.41) is 11.5. The van der Waals surface area contributed by atoms with Crippen LogP contribution in [0.5, 0.6) is 0 Å². The fraction of sp³-hybridized carbons (Fsp3) is 0.280. The van der Waals surface area contributed by atoms with Crippen LogP contribution in [-0.2, 0) is 17.9 Å². The smallest absolute Gasteiger partial charge is 0.152 e. The number of nitrogens with two attached hydrogens (primary N) is 1. The molecule has 0 saturated carbocycles. The van der Waals surface area contributed by atoms with Gasteiger partial charge in [0.05, 0.1) is 23.2 Å². The molecule has 0 spiro atoms. The molecule has 0 bridgehead atoms. The molecule has 0 unspecified atom stereocenters. The van der Waals surface area contributed by atoms with E-state index in [4.69, 9.17) is 15.5 Å². The van der Waals surface area contributed by atoms with Gasteiger partial charge < -0.3 is 20.1 Å². The van der Waals surface area contributed by atoms with Crippen molar-refractivity contribution in [3.63, 3.8) is 0 Å². The maximum atomic E-state index is 10.6. The van der Waals surface area contributed by atoms with Crippen LogP contribution in [0.3, 0.4) is 0 Å². The predicted molar refractivity (Wildman–Crippen MR) is 126 cm³/mol. The highest BCUT2D eigenvalue weighted by molar-refractivity contribution is 6.07. The van der Waals surface area contributed by atoms with Gasteiger partial charge in [-0.2, -0.15) is 0 Å². The van der Waals surface area contributed by atoms with E-state index < -0.39 is 5.60 Å². The molecule has 6 nitrogen and oxygen atoms in total. The first-order valence-electron chi connectivity index (χ1n) is 10.5. The van der Waals surface area contributed by atoms with Gasteiger partial charge in [0.2, 0.25) is 0 Å². The van der Waals surface area contributed by atoms with Crippen LogP contribution >= 0.6 is 0 Å². The van der Waals surface area contributed by atoms with Gasteiger partial charge in [0, 0.05) is 12.0 Å². The van der Waals surface area contributed by atoms with Gasteiger partial charge in [0.1, 0.15) is 17.9 Å². The summed E-state index contributed by atoms with van der Waals surface area (Å²) in [6.07, 6.45) is 4.16. The number of ether oxygens (including phenoxy) is 1. The number of aliphatic hydroxyl groups is 1. The third-order valence-corrected chi connectivity index (χ3v) is 5.05. The molecule has 2 aromatic heterocycles. The van der Waals surface area contributed by atoms with Crippen molar-refractivity contribution in [2.45, 2.75) is 39.5 Å². The van der Waals surface area contributed by atoms with Crippen molar-refractivity contribution in [3.05, 3.63) is 65.5 Å². The third-order valence-electron chi connectivity index (χ3n) is 5.05. The number of fused-ring (bicyclic) bond motifs is 3. The van der Waals surface area contributed by atoms with E-state index in [1.807, 2.05) is 41.8 Å². The number of pyridine rings is 1. The lowest BCUT2D eigenvalue weighted by Crippen LogP contribution is -2.27. The molecule has 0 radical (unpaired) electrons.